The van der Waals surface area contributed by atoms with Crippen molar-refractivity contribution < 1.29 is 24.3 Å². The molecule has 0 aliphatic heterocycles. The van der Waals surface area contributed by atoms with Crippen LogP contribution < -0.4 is 16.0 Å². The van der Waals surface area contributed by atoms with Gasteiger partial charge in [-0.1, -0.05) is 0 Å². The van der Waals surface area contributed by atoms with Gasteiger partial charge >= 0.3 is 12.0 Å². The fourth-order valence-electron chi connectivity index (χ4n) is 1.27. The van der Waals surface area contributed by atoms with Gasteiger partial charge < -0.3 is 15.7 Å². The van der Waals surface area contributed by atoms with Crippen molar-refractivity contribution in [2.75, 3.05) is 7.05 Å². The third-order valence-electron chi connectivity index (χ3n) is 2.28. The molecule has 0 fully saturated rings. The smallest absolute Gasteiger partial charge is 0.322 e. The van der Waals surface area contributed by atoms with Crippen molar-refractivity contribution in [3.63, 3.8) is 0 Å². The van der Waals surface area contributed by atoms with Gasteiger partial charge in [0.25, 0.3) is 0 Å². The molecule has 0 aromatic carbocycles. The molecule has 4 amide bonds. The third-order valence-corrected chi connectivity index (χ3v) is 2.28. The van der Waals surface area contributed by atoms with Crippen molar-refractivity contribution in [3.8, 4) is 0 Å². The van der Waals surface area contributed by atoms with Gasteiger partial charge in [0.1, 0.15) is 6.04 Å². The minimum absolute atomic E-state index is 0.00676. The van der Waals surface area contributed by atoms with E-state index in [-0.39, 0.29) is 18.7 Å². The van der Waals surface area contributed by atoms with E-state index in [9.17, 15) is 19.2 Å². The van der Waals surface area contributed by atoms with Gasteiger partial charge in [0, 0.05) is 19.9 Å². The van der Waals surface area contributed by atoms with E-state index in [4.69, 9.17) is 5.11 Å². The van der Waals surface area contributed by atoms with Crippen molar-refractivity contribution in [3.05, 3.63) is 0 Å². The van der Waals surface area contributed by atoms with Crippen molar-refractivity contribution in [2.24, 2.45) is 0 Å². The molecule has 0 heterocycles. The van der Waals surface area contributed by atoms with Crippen molar-refractivity contribution in [1.29, 1.82) is 0 Å². The zero-order valence-electron chi connectivity index (χ0n) is 11.0. The molecule has 8 heteroatoms. The summed E-state index contributed by atoms with van der Waals surface area (Å²) in [5.74, 6) is -1.80. The Labute approximate surface area is 110 Å². The number of unbranched alkanes of at least 4 members (excludes halogenated alkanes) is 1. The topological polar surface area (TPSA) is 125 Å². The predicted molar refractivity (Wildman–Crippen MR) is 66.3 cm³/mol. The standard InChI is InChI=1S/C11H19N3O5/c1-7(10(18)12-2)13-11(19)14-8(15)5-3-4-6-9(16)17/h7H,3-6H2,1-2H3,(H,12,18)(H,16,17)(H2,13,14,15,19). The Kier molecular flexibility index (Phi) is 7.90. The van der Waals surface area contributed by atoms with Crippen LogP contribution in [0.5, 0.6) is 0 Å². The number of imide groups is 1. The van der Waals surface area contributed by atoms with Gasteiger partial charge in [-0.3, -0.25) is 19.7 Å². The van der Waals surface area contributed by atoms with Crippen molar-refractivity contribution >= 4 is 23.8 Å². The lowest BCUT2D eigenvalue weighted by molar-refractivity contribution is -0.137. The molecule has 1 atom stereocenters. The van der Waals surface area contributed by atoms with Gasteiger partial charge in [0.15, 0.2) is 0 Å². The van der Waals surface area contributed by atoms with E-state index in [1.807, 2.05) is 0 Å². The molecule has 108 valence electrons. The van der Waals surface area contributed by atoms with Crippen molar-refractivity contribution in [2.45, 2.75) is 38.6 Å². The first-order valence-corrected chi connectivity index (χ1v) is 5.90. The molecule has 0 bridgehead atoms. The highest BCUT2D eigenvalue weighted by atomic mass is 16.4. The average molecular weight is 273 g/mol. The first-order chi connectivity index (χ1) is 8.86. The Morgan fingerprint density at radius 2 is 1.68 bits per heavy atom. The number of amides is 4. The molecule has 0 aromatic heterocycles. The second kappa shape index (κ2) is 8.90. The van der Waals surface area contributed by atoms with Gasteiger partial charge in [-0.15, -0.1) is 0 Å². The number of hydrogen-bond donors (Lipinski definition) is 4. The minimum Gasteiger partial charge on any atom is -0.481 e. The van der Waals surface area contributed by atoms with Gasteiger partial charge in [0.05, 0.1) is 0 Å². The molecule has 0 spiro atoms. The summed E-state index contributed by atoms with van der Waals surface area (Å²) in [6.07, 6.45) is 0.817. The highest BCUT2D eigenvalue weighted by molar-refractivity contribution is 5.96. The van der Waals surface area contributed by atoms with E-state index in [1.165, 1.54) is 14.0 Å². The van der Waals surface area contributed by atoms with Crippen LogP contribution in [0.3, 0.4) is 0 Å². The molecule has 1 unspecified atom stereocenters. The second-order valence-electron chi connectivity index (χ2n) is 3.96. The number of carbonyl (C=O) groups is 4. The number of carboxylic acid groups (broad SMARTS) is 1. The minimum atomic E-state index is -0.919. The Bertz CT molecular complexity index is 356. The lowest BCUT2D eigenvalue weighted by Gasteiger charge is -2.12. The Hall–Kier alpha value is -2.12. The Morgan fingerprint density at radius 3 is 2.21 bits per heavy atom. The SMILES string of the molecule is CNC(=O)C(C)NC(=O)NC(=O)CCCCC(=O)O. The Morgan fingerprint density at radius 1 is 1.11 bits per heavy atom. The molecule has 8 nitrogen and oxygen atoms in total. The van der Waals surface area contributed by atoms with Crippen LogP contribution in [0.4, 0.5) is 4.79 Å². The predicted octanol–water partition coefficient (Wildman–Crippen LogP) is -0.408. The van der Waals surface area contributed by atoms with E-state index in [1.54, 1.807) is 0 Å². The Balaban J connectivity index is 3.84. The second-order valence-corrected chi connectivity index (χ2v) is 3.96. The van der Waals surface area contributed by atoms with E-state index < -0.39 is 23.9 Å². The summed E-state index contributed by atoms with van der Waals surface area (Å²) in [4.78, 5) is 44.0. The van der Waals surface area contributed by atoms with Crippen LogP contribution in [0.2, 0.25) is 0 Å². The molecule has 19 heavy (non-hydrogen) atoms. The summed E-state index contributed by atoms with van der Waals surface area (Å²) >= 11 is 0. The zero-order chi connectivity index (χ0) is 14.8. The van der Waals surface area contributed by atoms with E-state index in [2.05, 4.69) is 16.0 Å². The lowest BCUT2D eigenvalue weighted by Crippen LogP contribution is -2.49. The molecule has 0 rings (SSSR count). The van der Waals surface area contributed by atoms with E-state index in [0.717, 1.165) is 0 Å². The number of urea groups is 1. The van der Waals surface area contributed by atoms with Crippen molar-refractivity contribution in [1.82, 2.24) is 16.0 Å². The highest BCUT2D eigenvalue weighted by Gasteiger charge is 2.15. The number of carbonyl (C=O) groups excluding carboxylic acids is 3. The molecule has 0 aliphatic carbocycles. The number of aliphatic carboxylic acids is 1. The molecule has 0 saturated heterocycles. The molecule has 4 N–H and O–H groups in total. The molecular formula is C11H19N3O5. The maximum atomic E-state index is 11.3. The number of hydrogen-bond acceptors (Lipinski definition) is 4. The van der Waals surface area contributed by atoms with E-state index in [0.29, 0.717) is 12.8 Å². The molecule has 0 radical (unpaired) electrons. The largest absolute Gasteiger partial charge is 0.481 e. The van der Waals surface area contributed by atoms with Crippen LogP contribution in [0.15, 0.2) is 0 Å². The monoisotopic (exact) mass is 273 g/mol. The number of rotatable bonds is 7. The summed E-state index contributed by atoms with van der Waals surface area (Å²) in [5, 5.41) is 15.1. The molecular weight excluding hydrogens is 254 g/mol. The lowest BCUT2D eigenvalue weighted by atomic mass is 10.2. The van der Waals surface area contributed by atoms with Gasteiger partial charge in [0.2, 0.25) is 11.8 Å². The number of carboxylic acids is 1. The van der Waals surface area contributed by atoms with Crippen LogP contribution in [0.1, 0.15) is 32.6 Å². The first-order valence-electron chi connectivity index (χ1n) is 5.90. The summed E-state index contributed by atoms with van der Waals surface area (Å²) in [6.45, 7) is 1.48. The normalized spacial score (nSPS) is 11.3. The highest BCUT2D eigenvalue weighted by Crippen LogP contribution is 1.99. The quantitative estimate of drug-likeness (QED) is 0.469. The number of nitrogens with one attached hydrogen (secondary N) is 3. The fourth-order valence-corrected chi connectivity index (χ4v) is 1.27. The van der Waals surface area contributed by atoms with Crippen LogP contribution in [-0.2, 0) is 14.4 Å². The first kappa shape index (κ1) is 16.9. The van der Waals surface area contributed by atoms with Crippen LogP contribution >= 0.6 is 0 Å². The molecule has 0 saturated carbocycles. The molecule has 0 aliphatic rings. The summed E-state index contributed by atoms with van der Waals surface area (Å²) in [7, 11) is 1.44. The summed E-state index contributed by atoms with van der Waals surface area (Å²) in [6, 6.07) is -1.50. The van der Waals surface area contributed by atoms with Crippen LogP contribution in [-0.4, -0.2) is 42.0 Å². The van der Waals surface area contributed by atoms with Gasteiger partial charge in [-0.05, 0) is 19.8 Å². The maximum absolute atomic E-state index is 11.3. The molecule has 0 aromatic rings. The fraction of sp³-hybridized carbons (Fsp3) is 0.636. The summed E-state index contributed by atoms with van der Waals surface area (Å²) < 4.78 is 0. The zero-order valence-corrected chi connectivity index (χ0v) is 11.0. The van der Waals surface area contributed by atoms with Gasteiger partial charge in [-0.2, -0.15) is 0 Å². The van der Waals surface area contributed by atoms with Crippen LogP contribution in [0.25, 0.3) is 0 Å². The number of likely N-dealkylation sites (N-methyl/N-ethyl adjacent to an activating group) is 1. The summed E-state index contributed by atoms with van der Waals surface area (Å²) in [5.41, 5.74) is 0. The maximum Gasteiger partial charge on any atom is 0.322 e. The third kappa shape index (κ3) is 8.58. The van der Waals surface area contributed by atoms with Gasteiger partial charge in [-0.25, -0.2) is 4.79 Å². The van der Waals surface area contributed by atoms with E-state index >= 15 is 0 Å². The average Bonchev–Trinajstić information content (AvgIpc) is 2.33. The van der Waals surface area contributed by atoms with Crippen LogP contribution in [0, 0.1) is 0 Å².